The number of imidazole rings is 1. The molecule has 5 heteroatoms. The zero-order chi connectivity index (χ0) is 13.6. The summed E-state index contributed by atoms with van der Waals surface area (Å²) in [4.78, 5) is 28.4. The first-order valence-corrected chi connectivity index (χ1v) is 5.98. The molecule has 0 saturated heterocycles. The third-order valence-electron chi connectivity index (χ3n) is 3.51. The summed E-state index contributed by atoms with van der Waals surface area (Å²) >= 11 is 0. The van der Waals surface area contributed by atoms with Crippen LogP contribution >= 0.6 is 0 Å². The van der Waals surface area contributed by atoms with E-state index in [1.165, 1.54) is 0 Å². The molecule has 2 aromatic rings. The number of aldehydes is 1. The molecule has 0 fully saturated rings. The number of benzene rings is 1. The van der Waals surface area contributed by atoms with Gasteiger partial charge in [0.25, 0.3) is 0 Å². The van der Waals surface area contributed by atoms with Crippen molar-refractivity contribution in [3.05, 3.63) is 35.8 Å². The minimum absolute atomic E-state index is 0.0905. The Labute approximate surface area is 110 Å². The van der Waals surface area contributed by atoms with Crippen molar-refractivity contribution in [3.63, 3.8) is 0 Å². The van der Waals surface area contributed by atoms with Crippen molar-refractivity contribution >= 4 is 17.9 Å². The second-order valence-corrected chi connectivity index (χ2v) is 4.68. The van der Waals surface area contributed by atoms with Gasteiger partial charge in [-0.05, 0) is 17.7 Å². The van der Waals surface area contributed by atoms with Gasteiger partial charge in [-0.1, -0.05) is 6.07 Å². The number of fused-ring (bicyclic) bond motifs is 1. The van der Waals surface area contributed by atoms with E-state index in [9.17, 15) is 9.59 Å². The first kappa shape index (κ1) is 11.6. The number of amides is 1. The summed E-state index contributed by atoms with van der Waals surface area (Å²) in [5.74, 6) is 0.0905. The van der Waals surface area contributed by atoms with Gasteiger partial charge in [0.15, 0.2) is 6.29 Å². The highest BCUT2D eigenvalue weighted by Crippen LogP contribution is 2.32. The molecule has 0 saturated carbocycles. The second kappa shape index (κ2) is 4.05. The van der Waals surface area contributed by atoms with Gasteiger partial charge in [0.1, 0.15) is 5.69 Å². The maximum atomic E-state index is 11.7. The van der Waals surface area contributed by atoms with Crippen molar-refractivity contribution in [3.8, 4) is 11.3 Å². The standard InChI is InChI=1S/C14H13N3O2/c1-16-8-15-11(7-18)14(16)9-3-4-12-10(5-9)6-13(19)17(12)2/h3-5,7-8H,6H2,1-2H3. The van der Waals surface area contributed by atoms with E-state index >= 15 is 0 Å². The first-order valence-electron chi connectivity index (χ1n) is 5.98. The first-order chi connectivity index (χ1) is 9.11. The SMILES string of the molecule is CN1C(=O)Cc2cc(-c3c(C=O)ncn3C)ccc21. The van der Waals surface area contributed by atoms with Gasteiger partial charge < -0.3 is 9.47 Å². The third kappa shape index (κ3) is 1.66. The van der Waals surface area contributed by atoms with Gasteiger partial charge in [-0.3, -0.25) is 9.59 Å². The van der Waals surface area contributed by atoms with Crippen molar-refractivity contribution in [2.45, 2.75) is 6.42 Å². The number of carbonyl (C=O) groups is 2. The van der Waals surface area contributed by atoms with Crippen LogP contribution in [0.2, 0.25) is 0 Å². The molecule has 1 aromatic carbocycles. The summed E-state index contributed by atoms with van der Waals surface area (Å²) in [5, 5.41) is 0. The van der Waals surface area contributed by atoms with Crippen molar-refractivity contribution in [2.24, 2.45) is 7.05 Å². The molecule has 96 valence electrons. The molecule has 0 unspecified atom stereocenters. The number of anilines is 1. The van der Waals surface area contributed by atoms with Crippen LogP contribution in [0, 0.1) is 0 Å². The molecule has 1 aliphatic heterocycles. The van der Waals surface area contributed by atoms with Crippen molar-refractivity contribution in [1.82, 2.24) is 9.55 Å². The molecule has 5 nitrogen and oxygen atoms in total. The minimum Gasteiger partial charge on any atom is -0.333 e. The van der Waals surface area contributed by atoms with Crippen LogP contribution in [-0.2, 0) is 18.3 Å². The van der Waals surface area contributed by atoms with Gasteiger partial charge in [0.2, 0.25) is 5.91 Å². The number of hydrogen-bond acceptors (Lipinski definition) is 3. The van der Waals surface area contributed by atoms with Crippen LogP contribution in [-0.4, -0.2) is 28.8 Å². The summed E-state index contributed by atoms with van der Waals surface area (Å²) in [6, 6.07) is 5.79. The number of nitrogens with zero attached hydrogens (tertiary/aromatic N) is 3. The third-order valence-corrected chi connectivity index (χ3v) is 3.51. The number of aromatic nitrogens is 2. The molecule has 1 aromatic heterocycles. The lowest BCUT2D eigenvalue weighted by atomic mass is 10.0. The van der Waals surface area contributed by atoms with E-state index in [0.29, 0.717) is 12.1 Å². The fourth-order valence-corrected chi connectivity index (χ4v) is 2.50. The maximum absolute atomic E-state index is 11.7. The van der Waals surface area contributed by atoms with E-state index < -0.39 is 0 Å². The number of likely N-dealkylation sites (N-methyl/N-ethyl adjacent to an activating group) is 1. The Bertz CT molecular complexity index is 688. The fraction of sp³-hybridized carbons (Fsp3) is 0.214. The molecule has 0 radical (unpaired) electrons. The highest BCUT2D eigenvalue weighted by atomic mass is 16.2. The lowest BCUT2D eigenvalue weighted by Gasteiger charge is -2.11. The van der Waals surface area contributed by atoms with Gasteiger partial charge in [-0.2, -0.15) is 0 Å². The number of aryl methyl sites for hydroxylation is 1. The van der Waals surface area contributed by atoms with Crippen LogP contribution < -0.4 is 4.90 Å². The summed E-state index contributed by atoms with van der Waals surface area (Å²) in [6.45, 7) is 0. The Morgan fingerprint density at radius 1 is 1.32 bits per heavy atom. The molecule has 0 atom stereocenters. The molecule has 2 heterocycles. The van der Waals surface area contributed by atoms with Gasteiger partial charge >= 0.3 is 0 Å². The molecule has 0 aliphatic carbocycles. The van der Waals surface area contributed by atoms with Crippen LogP contribution in [0.5, 0.6) is 0 Å². The Morgan fingerprint density at radius 3 is 2.84 bits per heavy atom. The molecular formula is C14H13N3O2. The fourth-order valence-electron chi connectivity index (χ4n) is 2.50. The van der Waals surface area contributed by atoms with Crippen LogP contribution in [0.25, 0.3) is 11.3 Å². The summed E-state index contributed by atoms with van der Waals surface area (Å²) in [6.07, 6.45) is 2.78. The van der Waals surface area contributed by atoms with Crippen molar-refractivity contribution in [1.29, 1.82) is 0 Å². The molecule has 3 rings (SSSR count). The highest BCUT2D eigenvalue weighted by Gasteiger charge is 2.24. The lowest BCUT2D eigenvalue weighted by Crippen LogP contribution is -2.20. The topological polar surface area (TPSA) is 55.2 Å². The molecule has 0 N–H and O–H groups in total. The monoisotopic (exact) mass is 255 g/mol. The van der Waals surface area contributed by atoms with E-state index in [1.807, 2.05) is 29.8 Å². The van der Waals surface area contributed by atoms with Crippen LogP contribution in [0.3, 0.4) is 0 Å². The summed E-state index contributed by atoms with van der Waals surface area (Å²) < 4.78 is 1.81. The van der Waals surface area contributed by atoms with Gasteiger partial charge in [0, 0.05) is 25.3 Å². The maximum Gasteiger partial charge on any atom is 0.231 e. The van der Waals surface area contributed by atoms with Crippen LogP contribution in [0.4, 0.5) is 5.69 Å². The molecule has 1 amide bonds. The quantitative estimate of drug-likeness (QED) is 0.762. The molecule has 0 bridgehead atoms. The lowest BCUT2D eigenvalue weighted by molar-refractivity contribution is -0.117. The second-order valence-electron chi connectivity index (χ2n) is 4.68. The largest absolute Gasteiger partial charge is 0.333 e. The molecular weight excluding hydrogens is 242 g/mol. The Morgan fingerprint density at radius 2 is 2.11 bits per heavy atom. The molecule has 1 aliphatic rings. The number of carbonyl (C=O) groups excluding carboxylic acids is 2. The van der Waals surface area contributed by atoms with E-state index in [-0.39, 0.29) is 5.91 Å². The van der Waals surface area contributed by atoms with Crippen molar-refractivity contribution < 1.29 is 9.59 Å². The van der Waals surface area contributed by atoms with Crippen LogP contribution in [0.1, 0.15) is 16.1 Å². The van der Waals surface area contributed by atoms with Crippen LogP contribution in [0.15, 0.2) is 24.5 Å². The van der Waals surface area contributed by atoms with Crippen molar-refractivity contribution in [2.75, 3.05) is 11.9 Å². The minimum atomic E-state index is 0.0905. The predicted octanol–water partition coefficient (Wildman–Crippen LogP) is 1.42. The summed E-state index contributed by atoms with van der Waals surface area (Å²) in [5.41, 5.74) is 4.02. The Kier molecular flexibility index (Phi) is 2.48. The average molecular weight is 255 g/mol. The Hall–Kier alpha value is -2.43. The van der Waals surface area contributed by atoms with Gasteiger partial charge in [-0.25, -0.2) is 4.98 Å². The van der Waals surface area contributed by atoms with Gasteiger partial charge in [0.05, 0.1) is 18.4 Å². The van der Waals surface area contributed by atoms with E-state index in [0.717, 1.165) is 28.8 Å². The highest BCUT2D eigenvalue weighted by molar-refractivity contribution is 6.01. The average Bonchev–Trinajstić information content (AvgIpc) is 2.90. The van der Waals surface area contributed by atoms with Gasteiger partial charge in [-0.15, -0.1) is 0 Å². The molecule has 0 spiro atoms. The van der Waals surface area contributed by atoms with E-state index in [4.69, 9.17) is 0 Å². The predicted molar refractivity (Wildman–Crippen MR) is 71.1 cm³/mol. The Balaban J connectivity index is 2.14. The smallest absolute Gasteiger partial charge is 0.231 e. The number of rotatable bonds is 2. The normalized spacial score (nSPS) is 13.8. The molecule has 19 heavy (non-hydrogen) atoms. The summed E-state index contributed by atoms with van der Waals surface area (Å²) in [7, 11) is 3.62. The van der Waals surface area contributed by atoms with E-state index in [1.54, 1.807) is 18.3 Å². The number of hydrogen-bond donors (Lipinski definition) is 0. The van der Waals surface area contributed by atoms with E-state index in [2.05, 4.69) is 4.98 Å². The zero-order valence-electron chi connectivity index (χ0n) is 10.8. The zero-order valence-corrected chi connectivity index (χ0v) is 10.8.